The van der Waals surface area contributed by atoms with Crippen molar-refractivity contribution in [1.29, 1.82) is 0 Å². The lowest BCUT2D eigenvalue weighted by Crippen LogP contribution is -2.53. The second kappa shape index (κ2) is 3.84. The SMILES string of the molecule is Cc1cccc(C2(O)CCC[N+](C)([O-])C2)c1. The van der Waals surface area contributed by atoms with Gasteiger partial charge in [0.1, 0.15) is 12.1 Å². The van der Waals surface area contributed by atoms with E-state index in [1.165, 1.54) is 0 Å². The van der Waals surface area contributed by atoms with E-state index in [9.17, 15) is 10.3 Å². The summed E-state index contributed by atoms with van der Waals surface area (Å²) in [6, 6.07) is 7.83. The van der Waals surface area contributed by atoms with Gasteiger partial charge in [0, 0.05) is 6.42 Å². The molecule has 88 valence electrons. The molecule has 0 aliphatic carbocycles. The van der Waals surface area contributed by atoms with Gasteiger partial charge in [0.05, 0.1) is 13.6 Å². The van der Waals surface area contributed by atoms with Crippen molar-refractivity contribution in [2.24, 2.45) is 0 Å². The maximum Gasteiger partial charge on any atom is 0.139 e. The Morgan fingerprint density at radius 1 is 1.44 bits per heavy atom. The standard InChI is InChI=1S/C13H19NO2/c1-11-5-3-6-12(9-11)13(15)7-4-8-14(2,16)10-13/h3,5-6,9,15H,4,7-8,10H2,1-2H3. The molecule has 1 saturated heterocycles. The topological polar surface area (TPSA) is 43.3 Å². The molecule has 2 atom stereocenters. The molecule has 0 spiro atoms. The zero-order chi connectivity index (χ0) is 11.8. The van der Waals surface area contributed by atoms with Gasteiger partial charge in [-0.15, -0.1) is 0 Å². The number of hydroxylamine groups is 3. The van der Waals surface area contributed by atoms with E-state index in [1.54, 1.807) is 7.05 Å². The Balaban J connectivity index is 2.31. The number of hydrogen-bond donors (Lipinski definition) is 1. The third-order valence-electron chi connectivity index (χ3n) is 3.37. The number of nitrogens with zero attached hydrogens (tertiary/aromatic N) is 1. The summed E-state index contributed by atoms with van der Waals surface area (Å²) < 4.78 is -0.343. The Morgan fingerprint density at radius 3 is 2.81 bits per heavy atom. The Kier molecular flexibility index (Phi) is 2.78. The van der Waals surface area contributed by atoms with Crippen LogP contribution in [-0.2, 0) is 5.60 Å². The lowest BCUT2D eigenvalue weighted by atomic mass is 9.85. The summed E-state index contributed by atoms with van der Waals surface area (Å²) in [5, 5.41) is 22.6. The molecule has 0 radical (unpaired) electrons. The van der Waals surface area contributed by atoms with Gasteiger partial charge in [-0.2, -0.15) is 0 Å². The number of hydrogen-bond acceptors (Lipinski definition) is 2. The molecule has 3 heteroatoms. The van der Waals surface area contributed by atoms with Crippen molar-refractivity contribution in [3.8, 4) is 0 Å². The van der Waals surface area contributed by atoms with Gasteiger partial charge in [-0.05, 0) is 18.9 Å². The Labute approximate surface area is 96.5 Å². The summed E-state index contributed by atoms with van der Waals surface area (Å²) in [5.41, 5.74) is 1.06. The first kappa shape index (κ1) is 11.6. The van der Waals surface area contributed by atoms with E-state index in [2.05, 4.69) is 0 Å². The highest BCUT2D eigenvalue weighted by molar-refractivity contribution is 5.27. The molecule has 1 aliphatic rings. The average molecular weight is 221 g/mol. The van der Waals surface area contributed by atoms with Crippen LogP contribution in [0.1, 0.15) is 24.0 Å². The van der Waals surface area contributed by atoms with Gasteiger partial charge in [-0.25, -0.2) is 0 Å². The van der Waals surface area contributed by atoms with Gasteiger partial charge >= 0.3 is 0 Å². The van der Waals surface area contributed by atoms with E-state index in [1.807, 2.05) is 31.2 Å². The van der Waals surface area contributed by atoms with Crippen molar-refractivity contribution in [3.05, 3.63) is 40.6 Å². The number of piperidine rings is 1. The van der Waals surface area contributed by atoms with Gasteiger partial charge in [0.15, 0.2) is 0 Å². The second-order valence-electron chi connectivity index (χ2n) is 5.18. The maximum atomic E-state index is 12.0. The fraction of sp³-hybridized carbons (Fsp3) is 0.538. The van der Waals surface area contributed by atoms with Crippen LogP contribution in [0.2, 0.25) is 0 Å². The van der Waals surface area contributed by atoms with Crippen LogP contribution in [0.25, 0.3) is 0 Å². The van der Waals surface area contributed by atoms with Crippen LogP contribution in [-0.4, -0.2) is 29.9 Å². The van der Waals surface area contributed by atoms with E-state index >= 15 is 0 Å². The molecule has 16 heavy (non-hydrogen) atoms. The van der Waals surface area contributed by atoms with Crippen LogP contribution >= 0.6 is 0 Å². The number of likely N-dealkylation sites (tertiary alicyclic amines) is 1. The number of rotatable bonds is 1. The molecule has 2 rings (SSSR count). The summed E-state index contributed by atoms with van der Waals surface area (Å²) in [5.74, 6) is 0. The van der Waals surface area contributed by atoms with E-state index in [-0.39, 0.29) is 11.2 Å². The van der Waals surface area contributed by atoms with Crippen molar-refractivity contribution in [2.75, 3.05) is 20.1 Å². The van der Waals surface area contributed by atoms with Gasteiger partial charge in [0.2, 0.25) is 0 Å². The first-order valence-corrected chi connectivity index (χ1v) is 5.76. The van der Waals surface area contributed by atoms with Crippen molar-refractivity contribution < 1.29 is 9.75 Å². The highest BCUT2D eigenvalue weighted by Gasteiger charge is 2.39. The summed E-state index contributed by atoms with van der Waals surface area (Å²) in [6.07, 6.45) is 1.47. The lowest BCUT2D eigenvalue weighted by Gasteiger charge is -2.48. The zero-order valence-electron chi connectivity index (χ0n) is 9.94. The molecule has 1 heterocycles. The van der Waals surface area contributed by atoms with Gasteiger partial charge in [-0.3, -0.25) is 0 Å². The first-order chi connectivity index (χ1) is 7.41. The monoisotopic (exact) mass is 221 g/mol. The van der Waals surface area contributed by atoms with E-state index in [4.69, 9.17) is 0 Å². The average Bonchev–Trinajstić information content (AvgIpc) is 2.15. The third-order valence-corrected chi connectivity index (χ3v) is 3.37. The number of likely N-dealkylation sites (N-methyl/N-ethyl adjacent to an activating group) is 1. The van der Waals surface area contributed by atoms with E-state index in [0.29, 0.717) is 13.0 Å². The normalized spacial score (nSPS) is 35.0. The summed E-state index contributed by atoms with van der Waals surface area (Å²) in [4.78, 5) is 0. The van der Waals surface area contributed by atoms with Crippen LogP contribution in [0.5, 0.6) is 0 Å². The number of aliphatic hydroxyl groups is 1. The van der Waals surface area contributed by atoms with Crippen molar-refractivity contribution in [1.82, 2.24) is 0 Å². The molecule has 0 bridgehead atoms. The number of benzene rings is 1. The molecule has 1 aliphatic heterocycles. The maximum absolute atomic E-state index is 12.0. The smallest absolute Gasteiger partial charge is 0.139 e. The lowest BCUT2D eigenvalue weighted by molar-refractivity contribution is -0.874. The molecule has 1 aromatic rings. The zero-order valence-corrected chi connectivity index (χ0v) is 9.94. The minimum atomic E-state index is -0.944. The van der Waals surface area contributed by atoms with Crippen LogP contribution in [0.3, 0.4) is 0 Å². The first-order valence-electron chi connectivity index (χ1n) is 5.76. The molecule has 0 amide bonds. The third kappa shape index (κ3) is 2.26. The molecule has 0 saturated carbocycles. The molecule has 1 fully saturated rings. The summed E-state index contributed by atoms with van der Waals surface area (Å²) >= 11 is 0. The van der Waals surface area contributed by atoms with E-state index in [0.717, 1.165) is 17.5 Å². The molecule has 1 aromatic carbocycles. The van der Waals surface area contributed by atoms with Crippen molar-refractivity contribution in [3.63, 3.8) is 0 Å². The predicted molar refractivity (Wildman–Crippen MR) is 63.6 cm³/mol. The second-order valence-corrected chi connectivity index (χ2v) is 5.18. The molecular formula is C13H19NO2. The Hall–Kier alpha value is -0.900. The fourth-order valence-corrected chi connectivity index (χ4v) is 2.59. The molecule has 3 nitrogen and oxygen atoms in total. The summed E-state index contributed by atoms with van der Waals surface area (Å²) in [6.45, 7) is 2.87. The highest BCUT2D eigenvalue weighted by Crippen LogP contribution is 2.33. The van der Waals surface area contributed by atoms with Crippen LogP contribution in [0, 0.1) is 12.1 Å². The molecule has 0 aromatic heterocycles. The Morgan fingerprint density at radius 2 is 2.19 bits per heavy atom. The van der Waals surface area contributed by atoms with E-state index < -0.39 is 5.60 Å². The largest absolute Gasteiger partial charge is 0.633 e. The van der Waals surface area contributed by atoms with Gasteiger partial charge < -0.3 is 15.0 Å². The quantitative estimate of drug-likeness (QED) is 0.581. The Bertz CT molecular complexity index is 389. The van der Waals surface area contributed by atoms with Crippen LogP contribution in [0.15, 0.2) is 24.3 Å². The summed E-state index contributed by atoms with van der Waals surface area (Å²) in [7, 11) is 1.64. The van der Waals surface area contributed by atoms with Crippen molar-refractivity contribution >= 4 is 0 Å². The van der Waals surface area contributed by atoms with Crippen LogP contribution in [0.4, 0.5) is 0 Å². The van der Waals surface area contributed by atoms with Crippen molar-refractivity contribution in [2.45, 2.75) is 25.4 Å². The number of quaternary nitrogens is 1. The van der Waals surface area contributed by atoms with Crippen LogP contribution < -0.4 is 0 Å². The molecular weight excluding hydrogens is 202 g/mol. The molecule has 2 unspecified atom stereocenters. The molecule has 1 N–H and O–H groups in total. The minimum Gasteiger partial charge on any atom is -0.633 e. The number of aryl methyl sites for hydroxylation is 1. The highest BCUT2D eigenvalue weighted by atomic mass is 16.5. The van der Waals surface area contributed by atoms with Gasteiger partial charge in [-0.1, -0.05) is 29.8 Å². The fourth-order valence-electron chi connectivity index (χ4n) is 2.59. The van der Waals surface area contributed by atoms with Gasteiger partial charge in [0.25, 0.3) is 0 Å². The minimum absolute atomic E-state index is 0.260. The predicted octanol–water partition coefficient (Wildman–Crippen LogP) is 1.92.